The number of rotatable bonds is 4. The van der Waals surface area contributed by atoms with Crippen LogP contribution in [-0.4, -0.2) is 25.2 Å². The first-order chi connectivity index (χ1) is 9.01. The third-order valence-corrected chi connectivity index (χ3v) is 3.58. The molecule has 0 atom stereocenters. The summed E-state index contributed by atoms with van der Waals surface area (Å²) in [7, 11) is 0. The number of isocyanates is 1. The highest BCUT2D eigenvalue weighted by molar-refractivity contribution is 5.72. The van der Waals surface area contributed by atoms with Gasteiger partial charge < -0.3 is 4.74 Å². The van der Waals surface area contributed by atoms with Crippen LogP contribution in [0.5, 0.6) is 0 Å². The van der Waals surface area contributed by atoms with Crippen LogP contribution in [0.1, 0.15) is 53.4 Å². The van der Waals surface area contributed by atoms with E-state index in [0.29, 0.717) is 6.61 Å². The zero-order valence-electron chi connectivity index (χ0n) is 12.6. The van der Waals surface area contributed by atoms with Crippen molar-refractivity contribution in [3.05, 3.63) is 0 Å². The van der Waals surface area contributed by atoms with Crippen LogP contribution in [0.2, 0.25) is 0 Å². The first-order valence-corrected chi connectivity index (χ1v) is 7.20. The van der Waals surface area contributed by atoms with Crippen LogP contribution in [0.3, 0.4) is 0 Å². The van der Waals surface area contributed by atoms with E-state index in [1.807, 2.05) is 0 Å². The monoisotopic (exact) mass is 269 g/mol. The Balaban J connectivity index is 0.000000344. The van der Waals surface area contributed by atoms with E-state index in [1.54, 1.807) is 6.92 Å². The lowest BCUT2D eigenvalue weighted by Crippen LogP contribution is -2.16. The van der Waals surface area contributed by atoms with Gasteiger partial charge >= 0.3 is 5.97 Å². The second-order valence-electron chi connectivity index (χ2n) is 5.48. The van der Waals surface area contributed by atoms with Gasteiger partial charge in [-0.25, -0.2) is 4.79 Å². The maximum Gasteiger partial charge on any atom is 0.328 e. The van der Waals surface area contributed by atoms with E-state index in [2.05, 4.69) is 30.5 Å². The highest BCUT2D eigenvalue weighted by atomic mass is 16.5. The molecule has 0 N–H and O–H groups in total. The highest BCUT2D eigenvalue weighted by Crippen LogP contribution is 2.32. The Kier molecular flexibility index (Phi) is 10.1. The molecule has 0 radical (unpaired) electrons. The van der Waals surface area contributed by atoms with E-state index in [1.165, 1.54) is 31.8 Å². The van der Waals surface area contributed by atoms with Crippen LogP contribution < -0.4 is 0 Å². The molecule has 0 spiro atoms. The number of nitrogens with zero attached hydrogens (tertiary/aromatic N) is 1. The van der Waals surface area contributed by atoms with Gasteiger partial charge in [0.1, 0.15) is 6.54 Å². The predicted octanol–water partition coefficient (Wildman–Crippen LogP) is 3.35. The molecule has 1 saturated carbocycles. The summed E-state index contributed by atoms with van der Waals surface area (Å²) in [6.07, 6.45) is 7.15. The Bertz CT molecular complexity index is 288. The Morgan fingerprint density at radius 3 is 2.32 bits per heavy atom. The zero-order chi connectivity index (χ0) is 14.7. The van der Waals surface area contributed by atoms with E-state index in [4.69, 9.17) is 0 Å². The number of esters is 1. The minimum Gasteiger partial charge on any atom is -0.465 e. The average molecular weight is 269 g/mol. The normalized spacial score (nSPS) is 21.9. The van der Waals surface area contributed by atoms with Crippen LogP contribution in [0, 0.1) is 17.8 Å². The Morgan fingerprint density at radius 2 is 1.89 bits per heavy atom. The van der Waals surface area contributed by atoms with E-state index in [0.717, 1.165) is 17.8 Å². The summed E-state index contributed by atoms with van der Waals surface area (Å²) in [6, 6.07) is 0. The van der Waals surface area contributed by atoms with E-state index in [9.17, 15) is 9.59 Å². The third-order valence-electron chi connectivity index (χ3n) is 3.58. The lowest BCUT2D eigenvalue weighted by atomic mass is 9.78. The van der Waals surface area contributed by atoms with Crippen molar-refractivity contribution in [2.75, 3.05) is 13.2 Å². The van der Waals surface area contributed by atoms with Crippen LogP contribution in [0.4, 0.5) is 0 Å². The second-order valence-corrected chi connectivity index (χ2v) is 5.48. The van der Waals surface area contributed by atoms with Gasteiger partial charge in [-0.1, -0.05) is 33.6 Å². The number of aliphatic imine (C=N–C) groups is 1. The lowest BCUT2D eigenvalue weighted by Gasteiger charge is -2.28. The van der Waals surface area contributed by atoms with Gasteiger partial charge in [-0.15, -0.1) is 0 Å². The van der Waals surface area contributed by atoms with Crippen LogP contribution in [0.15, 0.2) is 4.99 Å². The minimum absolute atomic E-state index is 0.225. The molecule has 0 amide bonds. The summed E-state index contributed by atoms with van der Waals surface area (Å²) >= 11 is 0. The number of carbonyl (C=O) groups excluding carboxylic acids is 2. The minimum atomic E-state index is -0.499. The van der Waals surface area contributed by atoms with Gasteiger partial charge in [-0.3, -0.25) is 4.79 Å². The SMILES string of the molecule is CC1CCC(C(C)C)CC1.CCOC(=O)CN=C=O. The van der Waals surface area contributed by atoms with Gasteiger partial charge in [0.15, 0.2) is 0 Å². The third kappa shape index (κ3) is 9.43. The summed E-state index contributed by atoms with van der Waals surface area (Å²) < 4.78 is 4.43. The molecule has 4 heteroatoms. The molecule has 4 nitrogen and oxygen atoms in total. The van der Waals surface area contributed by atoms with Gasteiger partial charge in [0.2, 0.25) is 6.08 Å². The van der Waals surface area contributed by atoms with Crippen molar-refractivity contribution >= 4 is 12.0 Å². The molecular weight excluding hydrogens is 242 g/mol. The van der Waals surface area contributed by atoms with Gasteiger partial charge in [0, 0.05) is 0 Å². The fraction of sp³-hybridized carbons (Fsp3) is 0.867. The van der Waals surface area contributed by atoms with Crippen LogP contribution in [0.25, 0.3) is 0 Å². The molecule has 1 aliphatic carbocycles. The Morgan fingerprint density at radius 1 is 1.32 bits per heavy atom. The van der Waals surface area contributed by atoms with Crippen LogP contribution in [-0.2, 0) is 14.3 Å². The summed E-state index contributed by atoms with van der Waals surface area (Å²) in [5.74, 6) is 2.47. The molecule has 0 aliphatic heterocycles. The van der Waals surface area contributed by atoms with Crippen molar-refractivity contribution < 1.29 is 14.3 Å². The van der Waals surface area contributed by atoms with Gasteiger partial charge in [0.25, 0.3) is 0 Å². The number of ether oxygens (including phenoxy) is 1. The van der Waals surface area contributed by atoms with Crippen molar-refractivity contribution in [3.8, 4) is 0 Å². The van der Waals surface area contributed by atoms with Crippen molar-refractivity contribution in [2.45, 2.75) is 53.4 Å². The number of hydrogen-bond acceptors (Lipinski definition) is 4. The highest BCUT2D eigenvalue weighted by Gasteiger charge is 2.19. The number of hydrogen-bond donors (Lipinski definition) is 0. The summed E-state index contributed by atoms with van der Waals surface area (Å²) in [5, 5.41) is 0. The van der Waals surface area contributed by atoms with Crippen LogP contribution >= 0.6 is 0 Å². The smallest absolute Gasteiger partial charge is 0.328 e. The van der Waals surface area contributed by atoms with Gasteiger partial charge in [0.05, 0.1) is 6.61 Å². The molecule has 0 aromatic carbocycles. The molecule has 1 rings (SSSR count). The molecule has 110 valence electrons. The van der Waals surface area contributed by atoms with Gasteiger partial charge in [-0.2, -0.15) is 4.99 Å². The summed E-state index contributed by atoms with van der Waals surface area (Å²) in [6.45, 7) is 8.88. The summed E-state index contributed by atoms with van der Waals surface area (Å²) in [5.41, 5.74) is 0. The van der Waals surface area contributed by atoms with Crippen molar-refractivity contribution in [1.82, 2.24) is 0 Å². The lowest BCUT2D eigenvalue weighted by molar-refractivity contribution is -0.141. The first-order valence-electron chi connectivity index (χ1n) is 7.20. The topological polar surface area (TPSA) is 55.7 Å². The van der Waals surface area contributed by atoms with E-state index in [-0.39, 0.29) is 6.54 Å². The maximum atomic E-state index is 10.3. The number of carbonyl (C=O) groups is 1. The summed E-state index contributed by atoms with van der Waals surface area (Å²) in [4.78, 5) is 22.7. The largest absolute Gasteiger partial charge is 0.465 e. The Labute approximate surface area is 116 Å². The molecule has 0 heterocycles. The average Bonchev–Trinajstić information content (AvgIpc) is 2.38. The Hall–Kier alpha value is -1.15. The molecule has 1 fully saturated rings. The van der Waals surface area contributed by atoms with Crippen molar-refractivity contribution in [1.29, 1.82) is 0 Å². The molecule has 0 aromatic rings. The molecular formula is C15H27NO3. The molecule has 19 heavy (non-hydrogen) atoms. The fourth-order valence-corrected chi connectivity index (χ4v) is 2.26. The van der Waals surface area contributed by atoms with Crippen molar-refractivity contribution in [3.63, 3.8) is 0 Å². The van der Waals surface area contributed by atoms with Gasteiger partial charge in [-0.05, 0) is 37.5 Å². The van der Waals surface area contributed by atoms with E-state index < -0.39 is 5.97 Å². The maximum absolute atomic E-state index is 10.3. The molecule has 0 unspecified atom stereocenters. The standard InChI is InChI=1S/C10H20.C5H7NO3/c1-8(2)10-6-4-9(3)5-7-10;1-2-9-5(8)3-6-4-7/h8-10H,4-7H2,1-3H3;2-3H2,1H3. The first kappa shape index (κ1) is 17.8. The van der Waals surface area contributed by atoms with Crippen molar-refractivity contribution in [2.24, 2.45) is 22.7 Å². The molecule has 1 aliphatic rings. The fourth-order valence-electron chi connectivity index (χ4n) is 2.26. The molecule has 0 saturated heterocycles. The van der Waals surface area contributed by atoms with E-state index >= 15 is 0 Å². The molecule has 0 aromatic heterocycles. The zero-order valence-corrected chi connectivity index (χ0v) is 12.6. The second kappa shape index (κ2) is 10.7. The quantitative estimate of drug-likeness (QED) is 0.447. The molecule has 0 bridgehead atoms. The predicted molar refractivity (Wildman–Crippen MR) is 75.6 cm³/mol.